The minimum atomic E-state index is -0.435. The van der Waals surface area contributed by atoms with Crippen molar-refractivity contribution in [1.82, 2.24) is 15.0 Å². The molecule has 2 amide bonds. The molecule has 0 aliphatic heterocycles. The molecule has 0 radical (unpaired) electrons. The Morgan fingerprint density at radius 3 is 2.67 bits per heavy atom. The van der Waals surface area contributed by atoms with Crippen molar-refractivity contribution in [3.63, 3.8) is 0 Å². The fourth-order valence-corrected chi connectivity index (χ4v) is 3.18. The summed E-state index contributed by atoms with van der Waals surface area (Å²) in [5.74, 6) is -0.589. The molecule has 1 aromatic heterocycles. The fourth-order valence-electron chi connectivity index (χ4n) is 2.43. The van der Waals surface area contributed by atoms with Crippen LogP contribution in [0.1, 0.15) is 6.42 Å². The first-order valence-electron chi connectivity index (χ1n) is 8.17. The number of para-hydroxylation sites is 1. The number of carbonyl (C=O) groups is 2. The van der Waals surface area contributed by atoms with E-state index >= 15 is 0 Å². The highest BCUT2D eigenvalue weighted by atomic mass is 32.2. The number of rotatable bonds is 7. The van der Waals surface area contributed by atoms with Gasteiger partial charge in [-0.2, -0.15) is 0 Å². The number of benzene rings is 2. The highest BCUT2D eigenvalue weighted by Crippen LogP contribution is 2.26. The van der Waals surface area contributed by atoms with E-state index in [1.165, 1.54) is 16.4 Å². The molecule has 138 valence electrons. The second-order valence-corrected chi connectivity index (χ2v) is 6.70. The Morgan fingerprint density at radius 1 is 1.11 bits per heavy atom. The zero-order valence-electron chi connectivity index (χ0n) is 14.3. The monoisotopic (exact) mass is 383 g/mol. The van der Waals surface area contributed by atoms with Crippen LogP contribution in [0.15, 0.2) is 58.2 Å². The van der Waals surface area contributed by atoms with Crippen LogP contribution in [-0.4, -0.2) is 32.6 Å². The molecule has 0 saturated carbocycles. The van der Waals surface area contributed by atoms with Crippen LogP contribution in [0.4, 0.5) is 5.69 Å². The lowest BCUT2D eigenvalue weighted by Gasteiger charge is -2.10. The van der Waals surface area contributed by atoms with Crippen LogP contribution in [0.5, 0.6) is 0 Å². The molecule has 3 aromatic rings. The highest BCUT2D eigenvalue weighted by Gasteiger charge is 2.10. The van der Waals surface area contributed by atoms with Crippen molar-refractivity contribution in [2.45, 2.75) is 17.9 Å². The van der Waals surface area contributed by atoms with Gasteiger partial charge in [0.2, 0.25) is 11.8 Å². The number of aryl methyl sites for hydroxylation is 1. The number of aromatic nitrogens is 3. The van der Waals surface area contributed by atoms with Crippen LogP contribution in [0, 0.1) is 0 Å². The molecule has 2 aromatic carbocycles. The second-order valence-electron chi connectivity index (χ2n) is 5.68. The van der Waals surface area contributed by atoms with Crippen molar-refractivity contribution in [3.8, 4) is 0 Å². The molecule has 3 rings (SSSR count). The standard InChI is InChI=1S/C18H17N5O3S/c19-16(24)11-27-15-8-4-3-7-14(15)20-17(25)9-10-23-18(26)12-5-1-2-6-13(12)21-22-23/h1-8H,9-11H2,(H2,19,24)(H,20,25). The number of anilines is 1. The summed E-state index contributed by atoms with van der Waals surface area (Å²) in [5, 5.41) is 11.1. The zero-order chi connectivity index (χ0) is 19.2. The number of primary amides is 1. The summed E-state index contributed by atoms with van der Waals surface area (Å²) >= 11 is 1.25. The maximum absolute atomic E-state index is 12.4. The molecule has 27 heavy (non-hydrogen) atoms. The third-order valence-corrected chi connectivity index (χ3v) is 4.81. The second kappa shape index (κ2) is 8.45. The van der Waals surface area contributed by atoms with E-state index in [4.69, 9.17) is 5.73 Å². The van der Waals surface area contributed by atoms with Crippen molar-refractivity contribution in [3.05, 3.63) is 58.9 Å². The number of nitrogens with zero attached hydrogens (tertiary/aromatic N) is 3. The number of amides is 2. The van der Waals surface area contributed by atoms with Gasteiger partial charge >= 0.3 is 0 Å². The van der Waals surface area contributed by atoms with Crippen LogP contribution in [0.25, 0.3) is 10.9 Å². The van der Waals surface area contributed by atoms with Crippen LogP contribution in [0.3, 0.4) is 0 Å². The molecular formula is C18H17N5O3S. The summed E-state index contributed by atoms with van der Waals surface area (Å²) in [6.07, 6.45) is 0.0573. The molecule has 0 aliphatic rings. The van der Waals surface area contributed by atoms with Gasteiger partial charge in [-0.25, -0.2) is 4.68 Å². The molecule has 0 spiro atoms. The quantitative estimate of drug-likeness (QED) is 0.595. The van der Waals surface area contributed by atoms with Gasteiger partial charge in [-0.15, -0.1) is 16.9 Å². The summed E-state index contributed by atoms with van der Waals surface area (Å²) in [6, 6.07) is 14.0. The normalized spacial score (nSPS) is 10.7. The average Bonchev–Trinajstić information content (AvgIpc) is 2.67. The largest absolute Gasteiger partial charge is 0.369 e. The molecule has 9 heteroatoms. The van der Waals surface area contributed by atoms with Gasteiger partial charge in [-0.3, -0.25) is 14.4 Å². The first-order chi connectivity index (χ1) is 13.0. The Bertz CT molecular complexity index is 1050. The lowest BCUT2D eigenvalue weighted by molar-refractivity contribution is -0.116. The van der Waals surface area contributed by atoms with Crippen molar-refractivity contribution < 1.29 is 9.59 Å². The topological polar surface area (TPSA) is 120 Å². The van der Waals surface area contributed by atoms with Crippen molar-refractivity contribution in [2.24, 2.45) is 5.73 Å². The fraction of sp³-hybridized carbons (Fsp3) is 0.167. The lowest BCUT2D eigenvalue weighted by Crippen LogP contribution is -2.26. The van der Waals surface area contributed by atoms with Gasteiger partial charge < -0.3 is 11.1 Å². The third kappa shape index (κ3) is 4.70. The molecule has 0 bridgehead atoms. The molecule has 8 nitrogen and oxygen atoms in total. The Morgan fingerprint density at radius 2 is 1.85 bits per heavy atom. The minimum Gasteiger partial charge on any atom is -0.369 e. The molecule has 1 heterocycles. The van der Waals surface area contributed by atoms with E-state index in [2.05, 4.69) is 15.6 Å². The predicted octanol–water partition coefficient (Wildman–Crippen LogP) is 1.40. The summed E-state index contributed by atoms with van der Waals surface area (Å²) in [6.45, 7) is 0.110. The van der Waals surface area contributed by atoms with Gasteiger partial charge in [0.25, 0.3) is 5.56 Å². The lowest BCUT2D eigenvalue weighted by atomic mass is 10.2. The zero-order valence-corrected chi connectivity index (χ0v) is 15.1. The van der Waals surface area contributed by atoms with E-state index in [0.29, 0.717) is 16.6 Å². The van der Waals surface area contributed by atoms with Crippen LogP contribution < -0.4 is 16.6 Å². The summed E-state index contributed by atoms with van der Waals surface area (Å²) in [7, 11) is 0. The van der Waals surface area contributed by atoms with Crippen molar-refractivity contribution in [1.29, 1.82) is 0 Å². The maximum atomic E-state index is 12.4. The smallest absolute Gasteiger partial charge is 0.277 e. The van der Waals surface area contributed by atoms with E-state index in [1.807, 2.05) is 6.07 Å². The SMILES string of the molecule is NC(=O)CSc1ccccc1NC(=O)CCn1nnc2ccccc2c1=O. The predicted molar refractivity (Wildman–Crippen MR) is 103 cm³/mol. The number of hydrogen-bond donors (Lipinski definition) is 2. The van der Waals surface area contributed by atoms with Crippen molar-refractivity contribution in [2.75, 3.05) is 11.1 Å². The summed E-state index contributed by atoms with van der Waals surface area (Å²) in [5.41, 5.74) is 5.98. The van der Waals surface area contributed by atoms with E-state index in [-0.39, 0.29) is 30.2 Å². The van der Waals surface area contributed by atoms with E-state index < -0.39 is 5.91 Å². The Kier molecular flexibility index (Phi) is 5.82. The molecule has 0 fully saturated rings. The number of nitrogens with two attached hydrogens (primary N) is 1. The molecule has 0 unspecified atom stereocenters. The van der Waals surface area contributed by atoms with Crippen LogP contribution in [-0.2, 0) is 16.1 Å². The van der Waals surface area contributed by atoms with Gasteiger partial charge in [-0.05, 0) is 24.3 Å². The van der Waals surface area contributed by atoms with Crippen molar-refractivity contribution >= 4 is 40.2 Å². The Hall–Kier alpha value is -3.20. The van der Waals surface area contributed by atoms with Crippen LogP contribution >= 0.6 is 11.8 Å². The molecule has 0 aliphatic carbocycles. The highest BCUT2D eigenvalue weighted by molar-refractivity contribution is 8.00. The number of nitrogens with one attached hydrogen (secondary N) is 1. The number of carbonyl (C=O) groups excluding carboxylic acids is 2. The molecule has 3 N–H and O–H groups in total. The molecular weight excluding hydrogens is 366 g/mol. The maximum Gasteiger partial charge on any atom is 0.277 e. The van der Waals surface area contributed by atoms with Gasteiger partial charge in [0.05, 0.1) is 23.4 Å². The number of hydrogen-bond acceptors (Lipinski definition) is 6. The van der Waals surface area contributed by atoms with Gasteiger partial charge in [-0.1, -0.05) is 29.5 Å². The summed E-state index contributed by atoms with van der Waals surface area (Å²) < 4.78 is 1.18. The average molecular weight is 383 g/mol. The number of thioether (sulfide) groups is 1. The van der Waals surface area contributed by atoms with E-state index in [9.17, 15) is 14.4 Å². The Labute approximate surface area is 158 Å². The summed E-state index contributed by atoms with van der Waals surface area (Å²) in [4.78, 5) is 36.4. The molecule has 0 saturated heterocycles. The minimum absolute atomic E-state index is 0.0573. The van der Waals surface area contributed by atoms with Gasteiger partial charge in [0.15, 0.2) is 0 Å². The van der Waals surface area contributed by atoms with Gasteiger partial charge in [0, 0.05) is 11.3 Å². The number of fused-ring (bicyclic) bond motifs is 1. The molecule has 0 atom stereocenters. The van der Waals surface area contributed by atoms with Crippen LogP contribution in [0.2, 0.25) is 0 Å². The van der Waals surface area contributed by atoms with Gasteiger partial charge in [0.1, 0.15) is 5.52 Å². The van der Waals surface area contributed by atoms with E-state index in [1.54, 1.807) is 42.5 Å². The van der Waals surface area contributed by atoms with E-state index in [0.717, 1.165) is 4.90 Å². The first-order valence-corrected chi connectivity index (χ1v) is 9.15. The Balaban J connectivity index is 1.66. The first kappa shape index (κ1) is 18.6. The third-order valence-electron chi connectivity index (χ3n) is 3.71.